The molecule has 0 bridgehead atoms. The highest BCUT2D eigenvalue weighted by Crippen LogP contribution is 2.21. The van der Waals surface area contributed by atoms with Crippen LogP contribution in [0.5, 0.6) is 5.75 Å². The summed E-state index contributed by atoms with van der Waals surface area (Å²) < 4.78 is 5.76. The van der Waals surface area contributed by atoms with Crippen molar-refractivity contribution >= 4 is 0 Å². The molecule has 0 aromatic heterocycles. The minimum Gasteiger partial charge on any atom is -0.491 e. The number of nitrogens with one attached hydrogen (secondary N) is 1. The van der Waals surface area contributed by atoms with E-state index in [2.05, 4.69) is 67.7 Å². The van der Waals surface area contributed by atoms with Crippen molar-refractivity contribution in [3.05, 3.63) is 65.7 Å². The van der Waals surface area contributed by atoms with Gasteiger partial charge in [-0.05, 0) is 57.0 Å². The minimum atomic E-state index is 0.217. The monoisotopic (exact) mass is 283 g/mol. The van der Waals surface area contributed by atoms with Crippen LogP contribution < -0.4 is 10.1 Å². The molecule has 1 unspecified atom stereocenters. The highest BCUT2D eigenvalue weighted by Gasteiger charge is 2.09. The fourth-order valence-corrected chi connectivity index (χ4v) is 2.52. The standard InChI is InChI=1S/C19H25NO/c1-15(2)21-18-11-7-8-16(14-18)12-13-19(20-3)17-9-5-4-6-10-17/h4-11,14-15,19-20H,12-13H2,1-3H3. The summed E-state index contributed by atoms with van der Waals surface area (Å²) in [6, 6.07) is 19.4. The van der Waals surface area contributed by atoms with Crippen LogP contribution in [0.25, 0.3) is 0 Å². The van der Waals surface area contributed by atoms with Gasteiger partial charge in [-0.25, -0.2) is 0 Å². The molecule has 2 aromatic carbocycles. The maximum Gasteiger partial charge on any atom is 0.119 e. The lowest BCUT2D eigenvalue weighted by atomic mass is 9.99. The molecule has 0 amide bonds. The minimum absolute atomic E-state index is 0.217. The molecule has 0 aliphatic carbocycles. The lowest BCUT2D eigenvalue weighted by Crippen LogP contribution is -2.17. The third-order valence-corrected chi connectivity index (χ3v) is 3.54. The molecule has 112 valence electrons. The summed E-state index contributed by atoms with van der Waals surface area (Å²) in [7, 11) is 2.02. The van der Waals surface area contributed by atoms with E-state index in [0.717, 1.165) is 18.6 Å². The Hall–Kier alpha value is -1.80. The van der Waals surface area contributed by atoms with Crippen LogP contribution in [0.2, 0.25) is 0 Å². The van der Waals surface area contributed by atoms with Gasteiger partial charge in [0.1, 0.15) is 5.75 Å². The number of aryl methyl sites for hydroxylation is 1. The normalized spacial score (nSPS) is 12.4. The molecule has 0 fully saturated rings. The van der Waals surface area contributed by atoms with E-state index >= 15 is 0 Å². The summed E-state index contributed by atoms with van der Waals surface area (Å²) >= 11 is 0. The van der Waals surface area contributed by atoms with Crippen LogP contribution in [0.15, 0.2) is 54.6 Å². The van der Waals surface area contributed by atoms with Gasteiger partial charge in [-0.1, -0.05) is 42.5 Å². The van der Waals surface area contributed by atoms with Gasteiger partial charge in [0.15, 0.2) is 0 Å². The summed E-state index contributed by atoms with van der Waals surface area (Å²) in [6.45, 7) is 4.11. The molecule has 0 spiro atoms. The van der Waals surface area contributed by atoms with Crippen molar-refractivity contribution in [3.8, 4) is 5.75 Å². The molecule has 1 atom stereocenters. The summed E-state index contributed by atoms with van der Waals surface area (Å²) in [5, 5.41) is 3.40. The summed E-state index contributed by atoms with van der Waals surface area (Å²) in [5.41, 5.74) is 2.67. The highest BCUT2D eigenvalue weighted by atomic mass is 16.5. The van der Waals surface area contributed by atoms with E-state index in [9.17, 15) is 0 Å². The Morgan fingerprint density at radius 2 is 1.76 bits per heavy atom. The highest BCUT2D eigenvalue weighted by molar-refractivity contribution is 5.29. The van der Waals surface area contributed by atoms with E-state index < -0.39 is 0 Å². The van der Waals surface area contributed by atoms with Gasteiger partial charge in [0.05, 0.1) is 6.10 Å². The second kappa shape index (κ2) is 7.84. The van der Waals surface area contributed by atoms with Crippen LogP contribution >= 0.6 is 0 Å². The first-order valence-electron chi connectivity index (χ1n) is 7.67. The van der Waals surface area contributed by atoms with Gasteiger partial charge < -0.3 is 10.1 Å². The molecule has 2 nitrogen and oxygen atoms in total. The molecule has 2 heteroatoms. The predicted molar refractivity (Wildman–Crippen MR) is 88.8 cm³/mol. The summed E-state index contributed by atoms with van der Waals surface area (Å²) in [6.07, 6.45) is 2.33. The zero-order valence-corrected chi connectivity index (χ0v) is 13.2. The molecule has 2 rings (SSSR count). The Bertz CT molecular complexity index is 536. The van der Waals surface area contributed by atoms with E-state index in [-0.39, 0.29) is 6.10 Å². The number of rotatable bonds is 7. The molecule has 1 N–H and O–H groups in total. The van der Waals surface area contributed by atoms with Crippen LogP contribution in [-0.2, 0) is 6.42 Å². The molecular formula is C19H25NO. The summed E-state index contributed by atoms with van der Waals surface area (Å²) in [4.78, 5) is 0. The molecule has 21 heavy (non-hydrogen) atoms. The van der Waals surface area contributed by atoms with Crippen molar-refractivity contribution in [3.63, 3.8) is 0 Å². The van der Waals surface area contributed by atoms with Gasteiger partial charge in [-0.2, -0.15) is 0 Å². The van der Waals surface area contributed by atoms with E-state index in [1.54, 1.807) is 0 Å². The zero-order chi connectivity index (χ0) is 15.1. The largest absolute Gasteiger partial charge is 0.491 e. The zero-order valence-electron chi connectivity index (χ0n) is 13.2. The van der Waals surface area contributed by atoms with E-state index in [4.69, 9.17) is 4.74 Å². The fraction of sp³-hybridized carbons (Fsp3) is 0.368. The van der Waals surface area contributed by atoms with Crippen molar-refractivity contribution in [2.45, 2.75) is 38.8 Å². The number of hydrogen-bond acceptors (Lipinski definition) is 2. The van der Waals surface area contributed by atoms with Crippen molar-refractivity contribution in [1.82, 2.24) is 5.32 Å². The summed E-state index contributed by atoms with van der Waals surface area (Å²) in [5.74, 6) is 0.961. The van der Waals surface area contributed by atoms with Crippen LogP contribution in [0.3, 0.4) is 0 Å². The molecule has 0 saturated carbocycles. The Balaban J connectivity index is 1.98. The van der Waals surface area contributed by atoms with Crippen molar-refractivity contribution in [1.29, 1.82) is 0 Å². The Morgan fingerprint density at radius 3 is 2.43 bits per heavy atom. The maximum atomic E-state index is 5.76. The lowest BCUT2D eigenvalue weighted by molar-refractivity contribution is 0.242. The topological polar surface area (TPSA) is 21.3 Å². The first-order valence-corrected chi connectivity index (χ1v) is 7.67. The van der Waals surface area contributed by atoms with E-state index in [1.165, 1.54) is 11.1 Å². The third kappa shape index (κ3) is 4.91. The van der Waals surface area contributed by atoms with Crippen molar-refractivity contribution in [2.75, 3.05) is 7.05 Å². The molecule has 0 saturated heterocycles. The van der Waals surface area contributed by atoms with Gasteiger partial charge in [0.2, 0.25) is 0 Å². The lowest BCUT2D eigenvalue weighted by Gasteiger charge is -2.17. The van der Waals surface area contributed by atoms with Gasteiger partial charge in [0, 0.05) is 6.04 Å². The fourth-order valence-electron chi connectivity index (χ4n) is 2.52. The number of benzene rings is 2. The quantitative estimate of drug-likeness (QED) is 0.815. The Labute approximate surface area is 128 Å². The van der Waals surface area contributed by atoms with Crippen LogP contribution in [0.1, 0.15) is 37.4 Å². The Morgan fingerprint density at radius 1 is 1.00 bits per heavy atom. The van der Waals surface area contributed by atoms with E-state index in [0.29, 0.717) is 6.04 Å². The third-order valence-electron chi connectivity index (χ3n) is 3.54. The average Bonchev–Trinajstić information content (AvgIpc) is 2.49. The molecule has 0 radical (unpaired) electrons. The maximum absolute atomic E-state index is 5.76. The molecular weight excluding hydrogens is 258 g/mol. The number of hydrogen-bond donors (Lipinski definition) is 1. The molecule has 2 aromatic rings. The second-order valence-electron chi connectivity index (χ2n) is 5.60. The van der Waals surface area contributed by atoms with Gasteiger partial charge >= 0.3 is 0 Å². The van der Waals surface area contributed by atoms with Gasteiger partial charge in [-0.3, -0.25) is 0 Å². The van der Waals surface area contributed by atoms with Crippen molar-refractivity contribution in [2.24, 2.45) is 0 Å². The smallest absolute Gasteiger partial charge is 0.119 e. The van der Waals surface area contributed by atoms with Crippen LogP contribution in [-0.4, -0.2) is 13.2 Å². The van der Waals surface area contributed by atoms with Crippen molar-refractivity contribution < 1.29 is 4.74 Å². The first kappa shape index (κ1) is 15.6. The predicted octanol–water partition coefficient (Wildman–Crippen LogP) is 4.37. The Kier molecular flexibility index (Phi) is 5.82. The van der Waals surface area contributed by atoms with Gasteiger partial charge in [-0.15, -0.1) is 0 Å². The molecule has 0 heterocycles. The van der Waals surface area contributed by atoms with Crippen LogP contribution in [0.4, 0.5) is 0 Å². The van der Waals surface area contributed by atoms with E-state index in [1.807, 2.05) is 13.1 Å². The van der Waals surface area contributed by atoms with Gasteiger partial charge in [0.25, 0.3) is 0 Å². The van der Waals surface area contributed by atoms with Crippen LogP contribution in [0, 0.1) is 0 Å². The average molecular weight is 283 g/mol. The molecule has 0 aliphatic rings. The first-order chi connectivity index (χ1) is 10.2. The SMILES string of the molecule is CNC(CCc1cccc(OC(C)C)c1)c1ccccc1. The number of ether oxygens (including phenoxy) is 1. The second-order valence-corrected chi connectivity index (χ2v) is 5.60. The molecule has 0 aliphatic heterocycles.